The van der Waals surface area contributed by atoms with Gasteiger partial charge in [0.15, 0.2) is 0 Å². The van der Waals surface area contributed by atoms with Crippen LogP contribution in [0.1, 0.15) is 58.5 Å². The van der Waals surface area contributed by atoms with E-state index in [1.54, 1.807) is 12.1 Å². The van der Waals surface area contributed by atoms with Gasteiger partial charge in [0.2, 0.25) is 0 Å². The molecule has 5 heteroatoms. The first-order valence-electron chi connectivity index (χ1n) is 10.7. The number of nitrogens with zero attached hydrogens (tertiary/aromatic N) is 1. The largest absolute Gasteiger partial charge is 0.493 e. The second kappa shape index (κ2) is 9.79. The maximum atomic E-state index is 12.9. The van der Waals surface area contributed by atoms with Crippen LogP contribution in [-0.2, 0) is 0 Å². The number of hydrogen-bond acceptors (Lipinski definition) is 3. The number of carbonyl (C=O) groups is 2. The molecule has 1 N–H and O–H groups in total. The standard InChI is InChI=1S/C25H32N2O3/c1-17(2)26-24(28)21-9-11-23(12-10-21)30-16-20-6-5-13-27(15-20)25(29)22-8-7-18(3)19(4)14-22/h7-12,14,17,20H,5-6,13,15-16H2,1-4H3,(H,26,28). The molecule has 3 rings (SSSR count). The third-order valence-corrected chi connectivity index (χ3v) is 5.58. The zero-order chi connectivity index (χ0) is 21.7. The van der Waals surface area contributed by atoms with Crippen LogP contribution >= 0.6 is 0 Å². The summed E-state index contributed by atoms with van der Waals surface area (Å²) in [7, 11) is 0. The van der Waals surface area contributed by atoms with Crippen LogP contribution in [0.4, 0.5) is 0 Å². The highest BCUT2D eigenvalue weighted by molar-refractivity contribution is 5.95. The van der Waals surface area contributed by atoms with Gasteiger partial charge in [-0.1, -0.05) is 6.07 Å². The van der Waals surface area contributed by atoms with E-state index in [9.17, 15) is 9.59 Å². The minimum Gasteiger partial charge on any atom is -0.493 e. The van der Waals surface area contributed by atoms with Gasteiger partial charge in [0, 0.05) is 36.2 Å². The van der Waals surface area contributed by atoms with E-state index in [1.165, 1.54) is 5.56 Å². The summed E-state index contributed by atoms with van der Waals surface area (Å²) < 4.78 is 5.96. The SMILES string of the molecule is Cc1ccc(C(=O)N2CCCC(COc3ccc(C(=O)NC(C)C)cc3)C2)cc1C. The van der Waals surface area contributed by atoms with E-state index in [0.29, 0.717) is 24.6 Å². The molecular weight excluding hydrogens is 376 g/mol. The van der Waals surface area contributed by atoms with E-state index in [0.717, 1.165) is 36.3 Å². The number of aryl methyl sites for hydroxylation is 2. The first-order valence-corrected chi connectivity index (χ1v) is 10.7. The van der Waals surface area contributed by atoms with E-state index in [4.69, 9.17) is 4.74 Å². The number of likely N-dealkylation sites (tertiary alicyclic amines) is 1. The molecule has 5 nitrogen and oxygen atoms in total. The molecule has 1 heterocycles. The Bertz CT molecular complexity index is 890. The Balaban J connectivity index is 1.54. The molecular formula is C25H32N2O3. The topological polar surface area (TPSA) is 58.6 Å². The number of ether oxygens (including phenoxy) is 1. The number of amides is 2. The van der Waals surface area contributed by atoms with E-state index >= 15 is 0 Å². The molecule has 160 valence electrons. The smallest absolute Gasteiger partial charge is 0.253 e. The molecule has 1 aliphatic rings. The summed E-state index contributed by atoms with van der Waals surface area (Å²) in [6.07, 6.45) is 2.03. The molecule has 1 atom stereocenters. The Morgan fingerprint density at radius 2 is 1.77 bits per heavy atom. The van der Waals surface area contributed by atoms with Gasteiger partial charge in [-0.25, -0.2) is 0 Å². The van der Waals surface area contributed by atoms with Gasteiger partial charge in [0.25, 0.3) is 11.8 Å². The molecule has 0 aliphatic carbocycles. The maximum absolute atomic E-state index is 12.9. The first kappa shape index (κ1) is 21.9. The number of carbonyl (C=O) groups excluding carboxylic acids is 2. The molecule has 2 aromatic carbocycles. The van der Waals surface area contributed by atoms with Gasteiger partial charge in [0.05, 0.1) is 6.61 Å². The Hall–Kier alpha value is -2.82. The zero-order valence-corrected chi connectivity index (χ0v) is 18.4. The highest BCUT2D eigenvalue weighted by Crippen LogP contribution is 2.21. The van der Waals surface area contributed by atoms with Crippen molar-refractivity contribution in [2.45, 2.75) is 46.6 Å². The summed E-state index contributed by atoms with van der Waals surface area (Å²) in [5.74, 6) is 1.07. The van der Waals surface area contributed by atoms with Crippen molar-refractivity contribution >= 4 is 11.8 Å². The Morgan fingerprint density at radius 1 is 1.07 bits per heavy atom. The summed E-state index contributed by atoms with van der Waals surface area (Å²) in [6.45, 7) is 10.0. The third kappa shape index (κ3) is 5.62. The summed E-state index contributed by atoms with van der Waals surface area (Å²) >= 11 is 0. The highest BCUT2D eigenvalue weighted by Gasteiger charge is 2.25. The number of nitrogens with one attached hydrogen (secondary N) is 1. The fraction of sp³-hybridized carbons (Fsp3) is 0.440. The van der Waals surface area contributed by atoms with Crippen LogP contribution in [0.15, 0.2) is 42.5 Å². The summed E-state index contributed by atoms with van der Waals surface area (Å²) in [5, 5.41) is 2.88. The van der Waals surface area contributed by atoms with Gasteiger partial charge in [-0.3, -0.25) is 9.59 Å². The fourth-order valence-electron chi connectivity index (χ4n) is 3.70. The minimum absolute atomic E-state index is 0.0793. The normalized spacial score (nSPS) is 16.4. The lowest BCUT2D eigenvalue weighted by atomic mass is 9.97. The molecule has 2 aromatic rings. The quantitative estimate of drug-likeness (QED) is 0.772. The van der Waals surface area contributed by atoms with Gasteiger partial charge in [0.1, 0.15) is 5.75 Å². The van der Waals surface area contributed by atoms with Crippen LogP contribution in [-0.4, -0.2) is 42.5 Å². The van der Waals surface area contributed by atoms with Gasteiger partial charge in [-0.2, -0.15) is 0 Å². The lowest BCUT2D eigenvalue weighted by Gasteiger charge is -2.33. The monoisotopic (exact) mass is 408 g/mol. The van der Waals surface area contributed by atoms with E-state index in [-0.39, 0.29) is 17.9 Å². The molecule has 0 aromatic heterocycles. The average molecular weight is 409 g/mol. The number of rotatable bonds is 6. The summed E-state index contributed by atoms with van der Waals surface area (Å²) in [4.78, 5) is 26.9. The van der Waals surface area contributed by atoms with Crippen LogP contribution < -0.4 is 10.1 Å². The average Bonchev–Trinajstić information content (AvgIpc) is 2.74. The predicted octanol–water partition coefficient (Wildman–Crippen LogP) is 4.37. The first-order chi connectivity index (χ1) is 14.3. The lowest BCUT2D eigenvalue weighted by molar-refractivity contribution is 0.0633. The lowest BCUT2D eigenvalue weighted by Crippen LogP contribution is -2.41. The zero-order valence-electron chi connectivity index (χ0n) is 18.4. The molecule has 0 radical (unpaired) electrons. The second-order valence-electron chi connectivity index (χ2n) is 8.52. The van der Waals surface area contributed by atoms with Crippen LogP contribution in [0, 0.1) is 19.8 Å². The molecule has 2 amide bonds. The molecule has 0 saturated carbocycles. The van der Waals surface area contributed by atoms with Crippen molar-refractivity contribution in [3.8, 4) is 5.75 Å². The van der Waals surface area contributed by atoms with Crippen LogP contribution in [0.3, 0.4) is 0 Å². The maximum Gasteiger partial charge on any atom is 0.253 e. The van der Waals surface area contributed by atoms with E-state index in [1.807, 2.05) is 56.0 Å². The predicted molar refractivity (Wildman–Crippen MR) is 119 cm³/mol. The Kier molecular flexibility index (Phi) is 7.14. The van der Waals surface area contributed by atoms with Crippen molar-refractivity contribution in [1.29, 1.82) is 0 Å². The van der Waals surface area contributed by atoms with Crippen molar-refractivity contribution in [3.05, 3.63) is 64.7 Å². The van der Waals surface area contributed by atoms with Crippen LogP contribution in [0.25, 0.3) is 0 Å². The third-order valence-electron chi connectivity index (χ3n) is 5.58. The molecule has 0 bridgehead atoms. The van der Waals surface area contributed by atoms with Gasteiger partial charge in [-0.15, -0.1) is 0 Å². The minimum atomic E-state index is -0.0793. The summed E-state index contributed by atoms with van der Waals surface area (Å²) in [5.41, 5.74) is 3.72. The van der Waals surface area contributed by atoms with Crippen molar-refractivity contribution in [1.82, 2.24) is 10.2 Å². The fourth-order valence-corrected chi connectivity index (χ4v) is 3.70. The van der Waals surface area contributed by atoms with Crippen LogP contribution in [0.5, 0.6) is 5.75 Å². The summed E-state index contributed by atoms with van der Waals surface area (Å²) in [6, 6.07) is 13.2. The number of hydrogen-bond donors (Lipinski definition) is 1. The Labute approximate surface area is 179 Å². The number of benzene rings is 2. The van der Waals surface area contributed by atoms with Crippen molar-refractivity contribution < 1.29 is 14.3 Å². The van der Waals surface area contributed by atoms with Crippen molar-refractivity contribution in [2.75, 3.05) is 19.7 Å². The molecule has 30 heavy (non-hydrogen) atoms. The van der Waals surface area contributed by atoms with Gasteiger partial charge < -0.3 is 15.0 Å². The molecule has 1 saturated heterocycles. The molecule has 1 unspecified atom stereocenters. The molecule has 1 aliphatic heterocycles. The van der Waals surface area contributed by atoms with Gasteiger partial charge >= 0.3 is 0 Å². The Morgan fingerprint density at radius 3 is 2.43 bits per heavy atom. The van der Waals surface area contributed by atoms with E-state index < -0.39 is 0 Å². The molecule has 1 fully saturated rings. The second-order valence-corrected chi connectivity index (χ2v) is 8.52. The van der Waals surface area contributed by atoms with Crippen molar-refractivity contribution in [2.24, 2.45) is 5.92 Å². The van der Waals surface area contributed by atoms with Gasteiger partial charge in [-0.05, 0) is 88.1 Å². The highest BCUT2D eigenvalue weighted by atomic mass is 16.5. The van der Waals surface area contributed by atoms with Crippen molar-refractivity contribution in [3.63, 3.8) is 0 Å². The number of piperidine rings is 1. The van der Waals surface area contributed by atoms with E-state index in [2.05, 4.69) is 12.2 Å². The molecule has 0 spiro atoms. The van der Waals surface area contributed by atoms with Crippen LogP contribution in [0.2, 0.25) is 0 Å².